The lowest BCUT2D eigenvalue weighted by atomic mass is 9.79. The molecule has 1 aromatic heterocycles. The smallest absolute Gasteiger partial charge is 0.358 e. The van der Waals surface area contributed by atoms with E-state index in [1.165, 1.54) is 64.8 Å². The fourth-order valence-electron chi connectivity index (χ4n) is 6.38. The molecule has 1 amide bonds. The number of esters is 2. The molecule has 50 heavy (non-hydrogen) atoms. The summed E-state index contributed by atoms with van der Waals surface area (Å²) in [6, 6.07) is 11.1. The third-order valence-electron chi connectivity index (χ3n) is 9.04. The number of carbonyl (C=O) groups is 3. The maximum Gasteiger partial charge on any atom is 0.358 e. The SMILES string of the molecule is C[C@@H](O)[C@H]1C(=O)N2C(C(=O)OCc3ccc([N+](=O)[O-])cc3)=C(SC3CCN(c4nc(C(=O)OCc5ccc([N+](=O)[O-])cc5)cs4)CC3)[C@H](C)[C@H]12. The Hall–Kier alpha value is -4.87. The number of benzene rings is 2. The zero-order chi connectivity index (χ0) is 35.7. The van der Waals surface area contributed by atoms with Crippen LogP contribution in [0.2, 0.25) is 0 Å². The van der Waals surface area contributed by atoms with Crippen LogP contribution in [0.4, 0.5) is 16.5 Å². The number of thiazole rings is 1. The summed E-state index contributed by atoms with van der Waals surface area (Å²) in [5.41, 5.74) is 1.41. The number of aliphatic hydroxyl groups excluding tert-OH is 1. The highest BCUT2D eigenvalue weighted by Crippen LogP contribution is 2.52. The number of hydrogen-bond donors (Lipinski definition) is 1. The van der Waals surface area contributed by atoms with Crippen LogP contribution in [-0.2, 0) is 32.3 Å². The van der Waals surface area contributed by atoms with Gasteiger partial charge in [0.25, 0.3) is 11.4 Å². The molecule has 4 atom stereocenters. The highest BCUT2D eigenvalue weighted by atomic mass is 32.2. The quantitative estimate of drug-likeness (QED) is 0.116. The minimum atomic E-state index is -0.876. The molecule has 0 spiro atoms. The van der Waals surface area contributed by atoms with Gasteiger partial charge in [-0.2, -0.15) is 0 Å². The summed E-state index contributed by atoms with van der Waals surface area (Å²) in [6.07, 6.45) is 0.604. The van der Waals surface area contributed by atoms with Crippen LogP contribution in [0.25, 0.3) is 0 Å². The normalized spacial score (nSPS) is 21.0. The number of nitrogens with zero attached hydrogens (tertiary/aromatic N) is 5. The average molecular weight is 724 g/mol. The van der Waals surface area contributed by atoms with Gasteiger partial charge in [0.05, 0.1) is 27.9 Å². The standard InChI is InChI=1S/C33H33N5O10S2/c1-18-27-26(19(2)39)30(40)36(27)28(32(42)48-16-21-5-9-23(10-6-21)38(45)46)29(18)50-24-11-13-35(14-12-24)33-34-25(17-49-33)31(41)47-15-20-3-7-22(8-4-20)37(43)44/h3-10,17-19,24,26-27,39H,11-16H2,1-2H3/t18-,19-,26-,27-/m1/s1. The molecular weight excluding hydrogens is 691 g/mol. The lowest BCUT2D eigenvalue weighted by Gasteiger charge is -2.46. The number of aliphatic hydroxyl groups is 1. The zero-order valence-electron chi connectivity index (χ0n) is 27.0. The number of amides is 1. The van der Waals surface area contributed by atoms with Gasteiger partial charge in [-0.1, -0.05) is 6.92 Å². The molecule has 0 saturated carbocycles. The molecule has 262 valence electrons. The van der Waals surface area contributed by atoms with E-state index in [-0.39, 0.29) is 59.1 Å². The number of nitro groups is 2. The van der Waals surface area contributed by atoms with Crippen molar-refractivity contribution in [1.29, 1.82) is 0 Å². The summed E-state index contributed by atoms with van der Waals surface area (Å²) < 4.78 is 11.0. The number of β-lactam (4-membered cyclic amide) rings is 1. The predicted octanol–water partition coefficient (Wildman–Crippen LogP) is 4.83. The van der Waals surface area contributed by atoms with Crippen LogP contribution in [0, 0.1) is 32.1 Å². The number of hydrogen-bond acceptors (Lipinski definition) is 14. The van der Waals surface area contributed by atoms with Gasteiger partial charge in [0.15, 0.2) is 10.8 Å². The van der Waals surface area contributed by atoms with Gasteiger partial charge in [0.2, 0.25) is 5.91 Å². The highest BCUT2D eigenvalue weighted by molar-refractivity contribution is 8.03. The van der Waals surface area contributed by atoms with Crippen LogP contribution in [0.5, 0.6) is 0 Å². The summed E-state index contributed by atoms with van der Waals surface area (Å²) in [5, 5.41) is 34.6. The Kier molecular flexibility index (Phi) is 10.2. The minimum Gasteiger partial charge on any atom is -0.456 e. The molecule has 0 bridgehead atoms. The van der Waals surface area contributed by atoms with Gasteiger partial charge in [-0.25, -0.2) is 14.6 Å². The van der Waals surface area contributed by atoms with Crippen LogP contribution in [0.15, 0.2) is 64.5 Å². The average Bonchev–Trinajstić information content (AvgIpc) is 3.69. The van der Waals surface area contributed by atoms with Crippen molar-refractivity contribution in [2.45, 2.75) is 57.3 Å². The van der Waals surface area contributed by atoms with Crippen molar-refractivity contribution < 1.29 is 38.8 Å². The van der Waals surface area contributed by atoms with Gasteiger partial charge >= 0.3 is 11.9 Å². The fraction of sp³-hybridized carbons (Fsp3) is 0.394. The molecule has 2 fully saturated rings. The zero-order valence-corrected chi connectivity index (χ0v) is 28.6. The van der Waals surface area contributed by atoms with E-state index in [4.69, 9.17) is 9.47 Å². The number of aromatic nitrogens is 1. The van der Waals surface area contributed by atoms with Crippen molar-refractivity contribution in [1.82, 2.24) is 9.88 Å². The lowest BCUT2D eigenvalue weighted by molar-refractivity contribution is -0.385. The van der Waals surface area contributed by atoms with Gasteiger partial charge in [0, 0.05) is 58.8 Å². The van der Waals surface area contributed by atoms with E-state index in [1.54, 1.807) is 24.1 Å². The Morgan fingerprint density at radius 1 is 0.980 bits per heavy atom. The van der Waals surface area contributed by atoms with Crippen molar-refractivity contribution >= 4 is 57.5 Å². The number of anilines is 1. The molecule has 0 radical (unpaired) electrons. The van der Waals surface area contributed by atoms with E-state index >= 15 is 0 Å². The minimum absolute atomic E-state index is 0.0466. The van der Waals surface area contributed by atoms with Crippen LogP contribution in [0.3, 0.4) is 0 Å². The summed E-state index contributed by atoms with van der Waals surface area (Å²) >= 11 is 2.88. The molecule has 3 aromatic rings. The Morgan fingerprint density at radius 2 is 1.52 bits per heavy atom. The maximum atomic E-state index is 13.5. The first-order valence-corrected chi connectivity index (χ1v) is 17.6. The Bertz CT molecular complexity index is 1840. The second-order valence-electron chi connectivity index (χ2n) is 12.3. The van der Waals surface area contributed by atoms with Crippen molar-refractivity contribution in [3.05, 3.63) is 102 Å². The largest absolute Gasteiger partial charge is 0.456 e. The Morgan fingerprint density at radius 3 is 2.04 bits per heavy atom. The first kappa shape index (κ1) is 35.0. The fourth-order valence-corrected chi connectivity index (χ4v) is 8.69. The molecule has 6 rings (SSSR count). The number of carbonyl (C=O) groups excluding carboxylic acids is 3. The topological polar surface area (TPSA) is 196 Å². The summed E-state index contributed by atoms with van der Waals surface area (Å²) in [7, 11) is 0. The van der Waals surface area contributed by atoms with Gasteiger partial charge in [-0.05, 0) is 55.2 Å². The van der Waals surface area contributed by atoms with E-state index in [1.807, 2.05) is 6.92 Å². The third kappa shape index (κ3) is 7.06. The lowest BCUT2D eigenvalue weighted by Crippen LogP contribution is -2.63. The molecule has 2 aromatic carbocycles. The van der Waals surface area contributed by atoms with E-state index in [0.29, 0.717) is 29.3 Å². The number of fused-ring (bicyclic) bond motifs is 1. The summed E-state index contributed by atoms with van der Waals surface area (Å²) in [6.45, 7) is 4.64. The molecule has 15 nitrogen and oxygen atoms in total. The molecule has 2 saturated heterocycles. The molecule has 3 aliphatic rings. The number of non-ortho nitro benzene ring substituents is 2. The van der Waals surface area contributed by atoms with Gasteiger partial charge in [0.1, 0.15) is 18.9 Å². The molecule has 0 aliphatic carbocycles. The molecule has 0 unspecified atom stereocenters. The number of rotatable bonds is 12. The number of piperidine rings is 1. The summed E-state index contributed by atoms with van der Waals surface area (Å²) in [4.78, 5) is 68.9. The van der Waals surface area contributed by atoms with Gasteiger partial charge < -0.3 is 24.4 Å². The number of nitro benzene ring substituents is 2. The first-order valence-electron chi connectivity index (χ1n) is 15.9. The second-order valence-corrected chi connectivity index (χ2v) is 14.5. The van der Waals surface area contributed by atoms with E-state index in [2.05, 4.69) is 9.88 Å². The molecule has 1 N–H and O–H groups in total. The number of ether oxygens (including phenoxy) is 2. The molecule has 4 heterocycles. The van der Waals surface area contributed by atoms with Crippen molar-refractivity contribution in [3.8, 4) is 0 Å². The Balaban J connectivity index is 1.08. The van der Waals surface area contributed by atoms with Crippen molar-refractivity contribution in [2.75, 3.05) is 18.0 Å². The first-order chi connectivity index (χ1) is 23.9. The van der Waals surface area contributed by atoms with Crippen molar-refractivity contribution in [3.63, 3.8) is 0 Å². The predicted molar refractivity (Wildman–Crippen MR) is 182 cm³/mol. The molecule has 17 heteroatoms. The van der Waals surface area contributed by atoms with Crippen molar-refractivity contribution in [2.24, 2.45) is 11.8 Å². The maximum absolute atomic E-state index is 13.5. The van der Waals surface area contributed by atoms with Gasteiger partial charge in [-0.3, -0.25) is 25.0 Å². The van der Waals surface area contributed by atoms with E-state index in [9.17, 15) is 39.7 Å². The third-order valence-corrected chi connectivity index (χ3v) is 11.6. The monoisotopic (exact) mass is 723 g/mol. The van der Waals surface area contributed by atoms with Crippen LogP contribution in [0.1, 0.15) is 48.3 Å². The second kappa shape index (κ2) is 14.5. The van der Waals surface area contributed by atoms with E-state index in [0.717, 1.165) is 17.7 Å². The molecule has 3 aliphatic heterocycles. The van der Waals surface area contributed by atoms with Crippen LogP contribution in [-0.4, -0.2) is 73.2 Å². The van der Waals surface area contributed by atoms with Crippen LogP contribution >= 0.6 is 23.1 Å². The molecular formula is C33H33N5O10S2. The summed E-state index contributed by atoms with van der Waals surface area (Å²) in [5.74, 6) is -2.40. The number of thioether (sulfide) groups is 1. The van der Waals surface area contributed by atoms with Crippen LogP contribution < -0.4 is 4.90 Å². The van der Waals surface area contributed by atoms with Gasteiger partial charge in [-0.15, -0.1) is 23.1 Å². The van der Waals surface area contributed by atoms with E-state index < -0.39 is 33.8 Å². The Labute approximate surface area is 294 Å². The highest BCUT2D eigenvalue weighted by Gasteiger charge is 2.60.